The standard InChI is InChI=1S/C12H20N2O/c13-11-1-7(2-11)6-14-12(15)10-4-8-3-9(8)5-10/h7-11H,1-6,13H2,(H,14,15). The fourth-order valence-corrected chi connectivity index (χ4v) is 3.27. The van der Waals surface area contributed by atoms with E-state index in [9.17, 15) is 4.79 Å². The van der Waals surface area contributed by atoms with Crippen molar-refractivity contribution in [1.29, 1.82) is 0 Å². The van der Waals surface area contributed by atoms with Crippen LogP contribution in [0.15, 0.2) is 0 Å². The van der Waals surface area contributed by atoms with Crippen molar-refractivity contribution in [1.82, 2.24) is 5.32 Å². The molecule has 3 fully saturated rings. The molecule has 0 spiro atoms. The molecule has 3 rings (SSSR count). The van der Waals surface area contributed by atoms with Crippen LogP contribution < -0.4 is 11.1 Å². The normalized spacial score (nSPS) is 46.9. The third-order valence-corrected chi connectivity index (χ3v) is 4.45. The summed E-state index contributed by atoms with van der Waals surface area (Å²) in [6.07, 6.45) is 5.88. The van der Waals surface area contributed by atoms with Crippen LogP contribution in [0.3, 0.4) is 0 Å². The second kappa shape index (κ2) is 3.48. The molecule has 0 saturated heterocycles. The zero-order valence-corrected chi connectivity index (χ0v) is 9.11. The highest BCUT2D eigenvalue weighted by Crippen LogP contribution is 2.54. The molecule has 1 amide bonds. The molecule has 3 saturated carbocycles. The first-order valence-electron chi connectivity index (χ1n) is 6.25. The topological polar surface area (TPSA) is 55.1 Å². The maximum absolute atomic E-state index is 11.8. The van der Waals surface area contributed by atoms with E-state index in [-0.39, 0.29) is 0 Å². The van der Waals surface area contributed by atoms with Gasteiger partial charge in [-0.25, -0.2) is 0 Å². The molecule has 0 bridgehead atoms. The van der Waals surface area contributed by atoms with Crippen molar-refractivity contribution in [3.8, 4) is 0 Å². The minimum atomic E-state index is 0.308. The minimum Gasteiger partial charge on any atom is -0.356 e. The summed E-state index contributed by atoms with van der Waals surface area (Å²) in [6.45, 7) is 0.859. The molecule has 0 aromatic rings. The summed E-state index contributed by atoms with van der Waals surface area (Å²) in [5.41, 5.74) is 5.71. The van der Waals surface area contributed by atoms with Gasteiger partial charge < -0.3 is 11.1 Å². The lowest BCUT2D eigenvalue weighted by molar-refractivity contribution is -0.125. The monoisotopic (exact) mass is 208 g/mol. The van der Waals surface area contributed by atoms with Crippen LogP contribution in [-0.2, 0) is 4.79 Å². The Labute approximate surface area is 90.8 Å². The first-order chi connectivity index (χ1) is 7.22. The number of carbonyl (C=O) groups excluding carboxylic acids is 1. The maximum atomic E-state index is 11.8. The lowest BCUT2D eigenvalue weighted by Gasteiger charge is -2.32. The number of fused-ring (bicyclic) bond motifs is 1. The highest BCUT2D eigenvalue weighted by Gasteiger charge is 2.48. The molecule has 3 aliphatic rings. The lowest BCUT2D eigenvalue weighted by atomic mass is 9.81. The number of rotatable bonds is 3. The summed E-state index contributed by atoms with van der Waals surface area (Å²) in [5, 5.41) is 3.09. The largest absolute Gasteiger partial charge is 0.356 e. The Kier molecular flexibility index (Phi) is 2.23. The second-order valence-electron chi connectivity index (χ2n) is 5.77. The lowest BCUT2D eigenvalue weighted by Crippen LogP contribution is -2.43. The van der Waals surface area contributed by atoms with E-state index in [0.717, 1.165) is 44.1 Å². The highest BCUT2D eigenvalue weighted by atomic mass is 16.1. The third kappa shape index (κ3) is 1.89. The third-order valence-electron chi connectivity index (χ3n) is 4.45. The van der Waals surface area contributed by atoms with Crippen molar-refractivity contribution in [2.75, 3.05) is 6.54 Å². The predicted octanol–water partition coefficient (Wildman–Crippen LogP) is 0.886. The quantitative estimate of drug-likeness (QED) is 0.723. The number of nitrogens with one attached hydrogen (secondary N) is 1. The number of carbonyl (C=O) groups is 1. The Morgan fingerprint density at radius 2 is 1.80 bits per heavy atom. The molecule has 3 N–H and O–H groups in total. The van der Waals surface area contributed by atoms with Crippen LogP contribution >= 0.6 is 0 Å². The zero-order valence-electron chi connectivity index (χ0n) is 9.11. The van der Waals surface area contributed by atoms with Gasteiger partial charge in [-0.05, 0) is 49.9 Å². The van der Waals surface area contributed by atoms with Crippen molar-refractivity contribution in [3.05, 3.63) is 0 Å². The Balaban J connectivity index is 1.38. The smallest absolute Gasteiger partial charge is 0.223 e. The molecule has 2 atom stereocenters. The molecular formula is C12H20N2O. The molecule has 0 aromatic heterocycles. The van der Waals surface area contributed by atoms with Crippen LogP contribution in [-0.4, -0.2) is 18.5 Å². The van der Waals surface area contributed by atoms with Crippen molar-refractivity contribution in [2.24, 2.45) is 29.4 Å². The molecule has 0 heterocycles. The molecule has 3 aliphatic carbocycles. The van der Waals surface area contributed by atoms with Gasteiger partial charge in [0.1, 0.15) is 0 Å². The van der Waals surface area contributed by atoms with Gasteiger partial charge >= 0.3 is 0 Å². The van der Waals surface area contributed by atoms with E-state index in [1.54, 1.807) is 0 Å². The molecular weight excluding hydrogens is 188 g/mol. The van der Waals surface area contributed by atoms with E-state index in [1.165, 1.54) is 6.42 Å². The van der Waals surface area contributed by atoms with Crippen LogP contribution in [0.25, 0.3) is 0 Å². The summed E-state index contributed by atoms with van der Waals surface area (Å²) >= 11 is 0. The van der Waals surface area contributed by atoms with Crippen LogP contribution in [0.2, 0.25) is 0 Å². The van der Waals surface area contributed by atoms with Crippen molar-refractivity contribution < 1.29 is 4.79 Å². The molecule has 3 nitrogen and oxygen atoms in total. The average molecular weight is 208 g/mol. The van der Waals surface area contributed by atoms with E-state index >= 15 is 0 Å². The van der Waals surface area contributed by atoms with Gasteiger partial charge in [-0.3, -0.25) is 4.79 Å². The summed E-state index contributed by atoms with van der Waals surface area (Å²) in [7, 11) is 0. The van der Waals surface area contributed by atoms with Crippen molar-refractivity contribution in [2.45, 2.75) is 38.1 Å². The molecule has 84 valence electrons. The molecule has 0 radical (unpaired) electrons. The summed E-state index contributed by atoms with van der Waals surface area (Å²) < 4.78 is 0. The molecule has 0 aromatic carbocycles. The second-order valence-corrected chi connectivity index (χ2v) is 5.77. The Morgan fingerprint density at radius 1 is 1.13 bits per heavy atom. The van der Waals surface area contributed by atoms with E-state index in [1.807, 2.05) is 0 Å². The predicted molar refractivity (Wildman–Crippen MR) is 58.0 cm³/mol. The van der Waals surface area contributed by atoms with E-state index in [2.05, 4.69) is 5.32 Å². The fraction of sp³-hybridized carbons (Fsp3) is 0.917. The molecule has 3 heteroatoms. The number of amides is 1. The van der Waals surface area contributed by atoms with Gasteiger partial charge in [-0.2, -0.15) is 0 Å². The first kappa shape index (κ1) is 9.64. The van der Waals surface area contributed by atoms with Crippen LogP contribution in [0.4, 0.5) is 0 Å². The van der Waals surface area contributed by atoms with Gasteiger partial charge in [0, 0.05) is 18.5 Å². The molecule has 15 heavy (non-hydrogen) atoms. The minimum absolute atomic E-state index is 0.308. The summed E-state index contributed by atoms with van der Waals surface area (Å²) in [6, 6.07) is 0.394. The van der Waals surface area contributed by atoms with Gasteiger partial charge in [0.15, 0.2) is 0 Å². The maximum Gasteiger partial charge on any atom is 0.223 e. The van der Waals surface area contributed by atoms with Gasteiger partial charge in [0.2, 0.25) is 5.91 Å². The van der Waals surface area contributed by atoms with Gasteiger partial charge in [-0.1, -0.05) is 0 Å². The Morgan fingerprint density at radius 3 is 2.40 bits per heavy atom. The fourth-order valence-electron chi connectivity index (χ4n) is 3.27. The highest BCUT2D eigenvalue weighted by molar-refractivity contribution is 5.79. The van der Waals surface area contributed by atoms with Crippen molar-refractivity contribution in [3.63, 3.8) is 0 Å². The van der Waals surface area contributed by atoms with Crippen molar-refractivity contribution >= 4 is 5.91 Å². The number of hydrogen-bond donors (Lipinski definition) is 2. The first-order valence-corrected chi connectivity index (χ1v) is 6.25. The molecule has 2 unspecified atom stereocenters. The Hall–Kier alpha value is -0.570. The van der Waals surface area contributed by atoms with Crippen LogP contribution in [0, 0.1) is 23.7 Å². The molecule has 0 aliphatic heterocycles. The van der Waals surface area contributed by atoms with E-state index in [4.69, 9.17) is 5.73 Å². The summed E-state index contributed by atoms with van der Waals surface area (Å²) in [5.74, 6) is 3.10. The number of nitrogens with two attached hydrogens (primary N) is 1. The average Bonchev–Trinajstić information content (AvgIpc) is 2.78. The zero-order chi connectivity index (χ0) is 10.4. The van der Waals surface area contributed by atoms with Gasteiger partial charge in [-0.15, -0.1) is 0 Å². The SMILES string of the molecule is NC1CC(CNC(=O)C2CC3CC3C2)C1. The Bertz CT molecular complexity index is 263. The van der Waals surface area contributed by atoms with E-state index in [0.29, 0.717) is 23.8 Å². The summed E-state index contributed by atoms with van der Waals surface area (Å²) in [4.78, 5) is 11.8. The van der Waals surface area contributed by atoms with Crippen LogP contribution in [0.5, 0.6) is 0 Å². The number of hydrogen-bond acceptors (Lipinski definition) is 2. The van der Waals surface area contributed by atoms with Crippen LogP contribution in [0.1, 0.15) is 32.1 Å². The van der Waals surface area contributed by atoms with Gasteiger partial charge in [0.25, 0.3) is 0 Å². The van der Waals surface area contributed by atoms with E-state index < -0.39 is 0 Å². The van der Waals surface area contributed by atoms with Gasteiger partial charge in [0.05, 0.1) is 0 Å².